The van der Waals surface area contributed by atoms with Crippen molar-refractivity contribution >= 4 is 5.91 Å². The highest BCUT2D eigenvalue weighted by Gasteiger charge is 2.24. The fourth-order valence-corrected chi connectivity index (χ4v) is 2.82. The minimum absolute atomic E-state index is 0.118. The van der Waals surface area contributed by atoms with E-state index in [-0.39, 0.29) is 17.9 Å². The molecule has 3 nitrogen and oxygen atoms in total. The number of rotatable bonds is 7. The van der Waals surface area contributed by atoms with Crippen molar-refractivity contribution in [3.05, 3.63) is 0 Å². The van der Waals surface area contributed by atoms with Gasteiger partial charge in [-0.3, -0.25) is 4.79 Å². The van der Waals surface area contributed by atoms with Gasteiger partial charge in [0, 0.05) is 18.0 Å². The predicted molar refractivity (Wildman–Crippen MR) is 76.2 cm³/mol. The van der Waals surface area contributed by atoms with Gasteiger partial charge in [0.15, 0.2) is 0 Å². The molecule has 1 amide bonds. The molecule has 0 radical (unpaired) electrons. The molecule has 1 aliphatic carbocycles. The monoisotopic (exact) mass is 254 g/mol. The molecule has 2 unspecified atom stereocenters. The summed E-state index contributed by atoms with van der Waals surface area (Å²) in [7, 11) is 0. The van der Waals surface area contributed by atoms with Crippen LogP contribution in [0.15, 0.2) is 0 Å². The second kappa shape index (κ2) is 7.78. The van der Waals surface area contributed by atoms with E-state index in [1.807, 2.05) is 13.8 Å². The summed E-state index contributed by atoms with van der Waals surface area (Å²) in [6.07, 6.45) is 8.22. The average Bonchev–Trinajstić information content (AvgIpc) is 2.81. The Labute approximate surface area is 112 Å². The molecule has 0 aliphatic heterocycles. The van der Waals surface area contributed by atoms with Crippen molar-refractivity contribution < 1.29 is 4.79 Å². The third-order valence-corrected chi connectivity index (χ3v) is 4.22. The molecular formula is C15H30N2O. The second-order valence-electron chi connectivity index (χ2n) is 6.15. The lowest BCUT2D eigenvalue weighted by Crippen LogP contribution is -2.40. The molecule has 0 bridgehead atoms. The van der Waals surface area contributed by atoms with Crippen LogP contribution < -0.4 is 11.1 Å². The van der Waals surface area contributed by atoms with E-state index in [0.717, 1.165) is 19.3 Å². The lowest BCUT2D eigenvalue weighted by Gasteiger charge is -2.22. The highest BCUT2D eigenvalue weighted by molar-refractivity contribution is 5.78. The minimum atomic E-state index is 0.118. The number of carbonyl (C=O) groups excluding carboxylic acids is 1. The lowest BCUT2D eigenvalue weighted by molar-refractivity contribution is -0.125. The molecule has 1 saturated carbocycles. The van der Waals surface area contributed by atoms with E-state index >= 15 is 0 Å². The highest BCUT2D eigenvalue weighted by atomic mass is 16.1. The zero-order valence-corrected chi connectivity index (χ0v) is 12.2. The van der Waals surface area contributed by atoms with Gasteiger partial charge in [0.1, 0.15) is 0 Å². The molecule has 1 rings (SSSR count). The standard InChI is InChI=1S/C15H30N2O/c1-11(7-6-8-12(2)16)15(18)17-13(3)14-9-4-5-10-14/h11-14H,4-10,16H2,1-3H3,(H,17,18)/t11?,12?,13-/m0/s1. The zero-order valence-electron chi connectivity index (χ0n) is 12.2. The maximum Gasteiger partial charge on any atom is 0.223 e. The van der Waals surface area contributed by atoms with Crippen LogP contribution in [0.25, 0.3) is 0 Å². The second-order valence-corrected chi connectivity index (χ2v) is 6.15. The van der Waals surface area contributed by atoms with E-state index in [4.69, 9.17) is 5.73 Å². The van der Waals surface area contributed by atoms with Gasteiger partial charge in [-0.25, -0.2) is 0 Å². The lowest BCUT2D eigenvalue weighted by atomic mass is 9.97. The van der Waals surface area contributed by atoms with Gasteiger partial charge in [0.25, 0.3) is 0 Å². The molecule has 18 heavy (non-hydrogen) atoms. The van der Waals surface area contributed by atoms with E-state index in [2.05, 4.69) is 12.2 Å². The molecule has 106 valence electrons. The van der Waals surface area contributed by atoms with Gasteiger partial charge in [0.05, 0.1) is 0 Å². The SMILES string of the molecule is CC(N)CCCC(C)C(=O)N[C@@H](C)C1CCCC1. The first-order valence-corrected chi connectivity index (χ1v) is 7.56. The highest BCUT2D eigenvalue weighted by Crippen LogP contribution is 2.27. The quantitative estimate of drug-likeness (QED) is 0.734. The van der Waals surface area contributed by atoms with Crippen LogP contribution in [0.4, 0.5) is 0 Å². The van der Waals surface area contributed by atoms with Gasteiger partial charge in [-0.1, -0.05) is 26.2 Å². The van der Waals surface area contributed by atoms with Crippen molar-refractivity contribution in [1.29, 1.82) is 0 Å². The number of amides is 1. The molecule has 3 heteroatoms. The van der Waals surface area contributed by atoms with Crippen molar-refractivity contribution in [1.82, 2.24) is 5.32 Å². The van der Waals surface area contributed by atoms with Crippen molar-refractivity contribution in [3.63, 3.8) is 0 Å². The zero-order chi connectivity index (χ0) is 13.5. The first kappa shape index (κ1) is 15.5. The molecule has 3 atom stereocenters. The fourth-order valence-electron chi connectivity index (χ4n) is 2.82. The average molecular weight is 254 g/mol. The van der Waals surface area contributed by atoms with E-state index in [1.54, 1.807) is 0 Å². The van der Waals surface area contributed by atoms with Gasteiger partial charge in [0.2, 0.25) is 5.91 Å². The van der Waals surface area contributed by atoms with Crippen LogP contribution in [0.5, 0.6) is 0 Å². The summed E-state index contributed by atoms with van der Waals surface area (Å²) in [6, 6.07) is 0.591. The first-order valence-electron chi connectivity index (χ1n) is 7.56. The number of carbonyl (C=O) groups is 1. The van der Waals surface area contributed by atoms with E-state index < -0.39 is 0 Å². The predicted octanol–water partition coefficient (Wildman–Crippen LogP) is 2.83. The van der Waals surface area contributed by atoms with Crippen LogP contribution >= 0.6 is 0 Å². The van der Waals surface area contributed by atoms with Crippen LogP contribution in [0, 0.1) is 11.8 Å². The molecule has 0 aromatic heterocycles. The number of nitrogens with one attached hydrogen (secondary N) is 1. The van der Waals surface area contributed by atoms with Crippen molar-refractivity contribution in [2.45, 2.75) is 77.8 Å². The Morgan fingerprint density at radius 3 is 2.39 bits per heavy atom. The van der Waals surface area contributed by atoms with E-state index in [9.17, 15) is 4.79 Å². The number of nitrogens with two attached hydrogens (primary N) is 1. The molecule has 0 saturated heterocycles. The van der Waals surface area contributed by atoms with Gasteiger partial charge in [-0.2, -0.15) is 0 Å². The third-order valence-electron chi connectivity index (χ3n) is 4.22. The van der Waals surface area contributed by atoms with Crippen LogP contribution in [0.3, 0.4) is 0 Å². The molecular weight excluding hydrogens is 224 g/mol. The Morgan fingerprint density at radius 1 is 1.22 bits per heavy atom. The third kappa shape index (κ3) is 5.38. The summed E-state index contributed by atoms with van der Waals surface area (Å²) in [5.41, 5.74) is 5.72. The van der Waals surface area contributed by atoms with Gasteiger partial charge in [-0.15, -0.1) is 0 Å². The van der Waals surface area contributed by atoms with E-state index in [0.29, 0.717) is 12.0 Å². The smallest absolute Gasteiger partial charge is 0.223 e. The van der Waals surface area contributed by atoms with Crippen molar-refractivity contribution in [2.75, 3.05) is 0 Å². The van der Waals surface area contributed by atoms with Crippen molar-refractivity contribution in [2.24, 2.45) is 17.6 Å². The Balaban J connectivity index is 2.21. The summed E-state index contributed by atoms with van der Waals surface area (Å²) < 4.78 is 0. The summed E-state index contributed by atoms with van der Waals surface area (Å²) in [4.78, 5) is 12.0. The maximum absolute atomic E-state index is 12.0. The molecule has 0 aromatic rings. The molecule has 0 spiro atoms. The largest absolute Gasteiger partial charge is 0.353 e. The van der Waals surface area contributed by atoms with Gasteiger partial charge >= 0.3 is 0 Å². The van der Waals surface area contributed by atoms with Gasteiger partial charge in [-0.05, 0) is 45.4 Å². The number of hydrogen-bond acceptors (Lipinski definition) is 2. The summed E-state index contributed by atoms with van der Waals surface area (Å²) in [5, 5.41) is 3.19. The van der Waals surface area contributed by atoms with Crippen LogP contribution in [-0.2, 0) is 4.79 Å². The molecule has 1 aliphatic rings. The number of hydrogen-bond donors (Lipinski definition) is 2. The Hall–Kier alpha value is -0.570. The van der Waals surface area contributed by atoms with Gasteiger partial charge < -0.3 is 11.1 Å². The molecule has 3 N–H and O–H groups in total. The Kier molecular flexibility index (Phi) is 6.69. The Morgan fingerprint density at radius 2 is 1.83 bits per heavy atom. The molecule has 0 aromatic carbocycles. The normalized spacial score (nSPS) is 21.6. The summed E-state index contributed by atoms with van der Waals surface area (Å²) in [6.45, 7) is 6.20. The summed E-state index contributed by atoms with van der Waals surface area (Å²) >= 11 is 0. The molecule has 0 heterocycles. The minimum Gasteiger partial charge on any atom is -0.353 e. The fraction of sp³-hybridized carbons (Fsp3) is 0.933. The first-order chi connectivity index (χ1) is 8.50. The van der Waals surface area contributed by atoms with Crippen LogP contribution in [-0.4, -0.2) is 18.0 Å². The Bertz CT molecular complexity index is 247. The summed E-state index contributed by atoms with van der Waals surface area (Å²) in [5.74, 6) is 1.04. The molecule has 1 fully saturated rings. The van der Waals surface area contributed by atoms with E-state index in [1.165, 1.54) is 25.7 Å². The maximum atomic E-state index is 12.0. The topological polar surface area (TPSA) is 55.1 Å². The van der Waals surface area contributed by atoms with Crippen LogP contribution in [0.1, 0.15) is 65.7 Å². The van der Waals surface area contributed by atoms with Crippen LogP contribution in [0.2, 0.25) is 0 Å². The van der Waals surface area contributed by atoms with Crippen molar-refractivity contribution in [3.8, 4) is 0 Å².